The lowest BCUT2D eigenvalue weighted by molar-refractivity contribution is -0.150. The van der Waals surface area contributed by atoms with Gasteiger partial charge < -0.3 is 25.7 Å². The van der Waals surface area contributed by atoms with E-state index in [1.54, 1.807) is 0 Å². The van der Waals surface area contributed by atoms with Gasteiger partial charge in [0.25, 0.3) is 11.8 Å². The number of nitrogen functional groups attached to an aromatic ring is 1. The van der Waals surface area contributed by atoms with Gasteiger partial charge in [0.05, 0.1) is 20.1 Å². The number of hydrogen-bond acceptors (Lipinski definition) is 16. The highest BCUT2D eigenvalue weighted by Crippen LogP contribution is 2.41. The number of oxime groups is 1. The van der Waals surface area contributed by atoms with E-state index in [9.17, 15) is 24.3 Å². The second-order valence-electron chi connectivity index (χ2n) is 9.33. The Hall–Kier alpha value is -3.78. The van der Waals surface area contributed by atoms with Crippen molar-refractivity contribution in [3.05, 3.63) is 17.1 Å². The van der Waals surface area contributed by atoms with Gasteiger partial charge in [0.15, 0.2) is 5.13 Å². The minimum atomic E-state index is -1.27. The first-order chi connectivity index (χ1) is 20.3. The predicted molar refractivity (Wildman–Crippen MR) is 149 cm³/mol. The Labute approximate surface area is 250 Å². The first-order valence-electron chi connectivity index (χ1n) is 12.8. The molecule has 17 nitrogen and oxygen atoms in total. The highest BCUT2D eigenvalue weighted by molar-refractivity contribution is 8.01. The summed E-state index contributed by atoms with van der Waals surface area (Å²) in [5.41, 5.74) is 5.83. The smallest absolute Gasteiger partial charge is 0.352 e. The minimum Gasteiger partial charge on any atom is -0.477 e. The Morgan fingerprint density at radius 3 is 2.76 bits per heavy atom. The summed E-state index contributed by atoms with van der Waals surface area (Å²) in [6.07, 6.45) is 3.56. The molecule has 1 unspecified atom stereocenters. The topological polar surface area (TPSA) is 230 Å². The number of nitrogens with one attached hydrogen (secondary N) is 1. The molecule has 5 rings (SSSR count). The molecule has 3 aliphatic rings. The van der Waals surface area contributed by atoms with E-state index in [1.807, 2.05) is 0 Å². The number of ether oxygens (including phenoxy) is 1. The van der Waals surface area contributed by atoms with Crippen molar-refractivity contribution in [3.8, 4) is 0 Å². The van der Waals surface area contributed by atoms with Crippen molar-refractivity contribution in [3.63, 3.8) is 0 Å². The number of aromatic nitrogens is 6. The maximum absolute atomic E-state index is 13.2. The Morgan fingerprint density at radius 2 is 2.07 bits per heavy atom. The number of nitrogens with two attached hydrogens (primary N) is 1. The molecule has 0 bridgehead atoms. The van der Waals surface area contributed by atoms with Gasteiger partial charge in [-0.2, -0.15) is 9.36 Å². The fraction of sp³-hybridized carbons (Fsp3) is 0.545. The van der Waals surface area contributed by atoms with E-state index in [0.717, 1.165) is 37.2 Å². The highest BCUT2D eigenvalue weighted by atomic mass is 32.2. The zero-order chi connectivity index (χ0) is 29.8. The average Bonchev–Trinajstić information content (AvgIpc) is 3.76. The maximum Gasteiger partial charge on any atom is 0.352 e. The number of rotatable bonds is 12. The fourth-order valence-electron chi connectivity index (χ4n) is 4.53. The van der Waals surface area contributed by atoms with Gasteiger partial charge in [0.2, 0.25) is 16.7 Å². The lowest BCUT2D eigenvalue weighted by atomic mass is 10.0. The van der Waals surface area contributed by atoms with E-state index < -0.39 is 35.2 Å². The van der Waals surface area contributed by atoms with Gasteiger partial charge in [-0.15, -0.1) is 16.9 Å². The normalized spacial score (nSPS) is 20.7. The number of hydrogen-bond donors (Lipinski definition) is 3. The minimum absolute atomic E-state index is 0.0210. The summed E-state index contributed by atoms with van der Waals surface area (Å²) >= 11 is 3.39. The van der Waals surface area contributed by atoms with Gasteiger partial charge in [-0.05, 0) is 41.7 Å². The number of amides is 2. The molecule has 42 heavy (non-hydrogen) atoms. The molecule has 2 amide bonds. The number of nitrogens with zero attached hydrogens (tertiary/aromatic N) is 8. The molecule has 2 aliphatic heterocycles. The molecular formula is C22H26N10O7S3. The molecule has 0 spiro atoms. The second-order valence-corrected chi connectivity index (χ2v) is 12.2. The van der Waals surface area contributed by atoms with Crippen LogP contribution in [-0.2, 0) is 35.3 Å². The van der Waals surface area contributed by atoms with Crippen molar-refractivity contribution in [2.75, 3.05) is 24.3 Å². The van der Waals surface area contributed by atoms with Crippen molar-refractivity contribution in [1.29, 1.82) is 0 Å². The fourth-order valence-corrected chi connectivity index (χ4v) is 7.35. The lowest BCUT2D eigenvalue weighted by Gasteiger charge is -2.49. The first-order valence-corrected chi connectivity index (χ1v) is 15.6. The summed E-state index contributed by atoms with van der Waals surface area (Å²) < 4.78 is 10.1. The van der Waals surface area contributed by atoms with Crippen LogP contribution in [0.1, 0.15) is 37.9 Å². The number of aliphatic carboxylic acids is 1. The van der Waals surface area contributed by atoms with Crippen LogP contribution < -0.4 is 11.1 Å². The quantitative estimate of drug-likeness (QED) is 0.0903. The van der Waals surface area contributed by atoms with Crippen LogP contribution in [0.15, 0.2) is 21.6 Å². The van der Waals surface area contributed by atoms with Gasteiger partial charge in [-0.25, -0.2) is 9.48 Å². The van der Waals surface area contributed by atoms with E-state index in [1.165, 1.54) is 40.2 Å². The first kappa shape index (κ1) is 29.7. The number of carbonyl (C=O) groups is 4. The van der Waals surface area contributed by atoms with Gasteiger partial charge in [-0.1, -0.05) is 16.9 Å². The average molecular weight is 639 g/mol. The van der Waals surface area contributed by atoms with Crippen LogP contribution in [0, 0.1) is 0 Å². The number of fused-ring (bicyclic) bond motifs is 1. The molecule has 4 heterocycles. The largest absolute Gasteiger partial charge is 0.477 e. The molecule has 1 saturated heterocycles. The number of carboxylic acid groups (broad SMARTS) is 1. The zero-order valence-corrected chi connectivity index (χ0v) is 24.6. The summed E-state index contributed by atoms with van der Waals surface area (Å²) in [7, 11) is 1.28. The predicted octanol–water partition coefficient (Wildman–Crippen LogP) is -0.136. The number of carboxylic acids is 1. The van der Waals surface area contributed by atoms with E-state index >= 15 is 0 Å². The standard InChI is InChI=1S/C22H26N10O7S3/c1-38-12(33)6-7-31-22(26-29-30-31)41-9-10-8-40-19-14(18(35)32(19)15(10)20(36)37)24-17(34)13(16-25-21(23)42-28-16)27-39-11-4-2-3-5-11/h11,14,19H,2-9H2,1H3,(H,24,34)(H,36,37)(H2,23,25,28)/t14?,19-/m1/s1. The Bertz CT molecular complexity index is 1440. The summed E-state index contributed by atoms with van der Waals surface area (Å²) in [6, 6.07) is -0.996. The van der Waals surface area contributed by atoms with E-state index in [-0.39, 0.29) is 52.9 Å². The molecular weight excluding hydrogens is 613 g/mol. The monoisotopic (exact) mass is 638 g/mol. The Kier molecular flexibility index (Phi) is 9.21. The van der Waals surface area contributed by atoms with Crippen molar-refractivity contribution in [1.82, 2.24) is 39.8 Å². The number of β-lactam (4-membered cyclic amide) rings is 1. The molecule has 4 N–H and O–H groups in total. The molecule has 2 aromatic rings. The van der Waals surface area contributed by atoms with Gasteiger partial charge in [-0.3, -0.25) is 19.3 Å². The third-order valence-corrected chi connectivity index (χ3v) is 9.56. The third-order valence-electron chi connectivity index (χ3n) is 6.63. The number of esters is 1. The zero-order valence-electron chi connectivity index (χ0n) is 22.2. The number of methoxy groups -OCH3 is 1. The highest BCUT2D eigenvalue weighted by Gasteiger charge is 2.54. The number of aryl methyl sites for hydroxylation is 1. The van der Waals surface area contributed by atoms with Crippen molar-refractivity contribution < 1.29 is 33.9 Å². The Morgan fingerprint density at radius 1 is 1.29 bits per heavy atom. The molecule has 0 radical (unpaired) electrons. The number of tetrazole rings is 1. The molecule has 2 fully saturated rings. The summed E-state index contributed by atoms with van der Waals surface area (Å²) in [5, 5.41) is 27.9. The van der Waals surface area contributed by atoms with Gasteiger partial charge in [0, 0.05) is 23.0 Å². The molecule has 2 aromatic heterocycles. The number of carbonyl (C=O) groups excluding carboxylic acids is 3. The van der Waals surface area contributed by atoms with Crippen LogP contribution in [-0.4, -0.2) is 105 Å². The summed E-state index contributed by atoms with van der Waals surface area (Å²) in [5.74, 6) is -2.55. The SMILES string of the molecule is COC(=O)CCn1nnnc1SCC1=C(C(=O)O)N2C(=O)C(NC(=O)C(=NOC3CCCC3)c3nsc(N)n3)[C@H]2SC1. The summed E-state index contributed by atoms with van der Waals surface area (Å²) in [4.78, 5) is 60.9. The van der Waals surface area contributed by atoms with Crippen LogP contribution in [0.4, 0.5) is 5.13 Å². The van der Waals surface area contributed by atoms with E-state index in [0.29, 0.717) is 10.7 Å². The van der Waals surface area contributed by atoms with E-state index in [4.69, 9.17) is 10.6 Å². The Balaban J connectivity index is 1.27. The third kappa shape index (κ3) is 6.33. The number of thioether (sulfide) groups is 2. The van der Waals surface area contributed by atoms with Crippen molar-refractivity contribution >= 4 is 69.7 Å². The molecule has 0 aromatic carbocycles. The molecule has 1 saturated carbocycles. The molecule has 224 valence electrons. The maximum atomic E-state index is 13.2. The van der Waals surface area contributed by atoms with Crippen molar-refractivity contribution in [2.24, 2.45) is 5.16 Å². The molecule has 2 atom stereocenters. The van der Waals surface area contributed by atoms with Crippen LogP contribution in [0.25, 0.3) is 0 Å². The van der Waals surface area contributed by atoms with Crippen LogP contribution >= 0.6 is 35.1 Å². The second kappa shape index (κ2) is 13.0. The van der Waals surface area contributed by atoms with Gasteiger partial charge in [0.1, 0.15) is 23.2 Å². The lowest BCUT2D eigenvalue weighted by Crippen LogP contribution is -2.71. The van der Waals surface area contributed by atoms with Crippen LogP contribution in [0.3, 0.4) is 0 Å². The van der Waals surface area contributed by atoms with Crippen LogP contribution in [0.5, 0.6) is 0 Å². The van der Waals surface area contributed by atoms with E-state index in [2.05, 4.69) is 40.1 Å². The van der Waals surface area contributed by atoms with Gasteiger partial charge >= 0.3 is 11.9 Å². The summed E-state index contributed by atoms with van der Waals surface area (Å²) in [6.45, 7) is 0.190. The van der Waals surface area contributed by atoms with Crippen molar-refractivity contribution in [2.45, 2.75) is 61.3 Å². The molecule has 1 aliphatic carbocycles. The van der Waals surface area contributed by atoms with Crippen LogP contribution in [0.2, 0.25) is 0 Å². The number of anilines is 1. The molecule has 20 heteroatoms.